The lowest BCUT2D eigenvalue weighted by molar-refractivity contribution is -0.157. The van der Waals surface area contributed by atoms with Gasteiger partial charge in [0.1, 0.15) is 6.61 Å². The fourth-order valence-electron chi connectivity index (χ4n) is 3.42. The monoisotopic (exact) mass is 332 g/mol. The minimum atomic E-state index is -0.926. The van der Waals surface area contributed by atoms with Crippen LogP contribution in [0.25, 0.3) is 0 Å². The first-order chi connectivity index (χ1) is 11.6. The van der Waals surface area contributed by atoms with Gasteiger partial charge in [-0.15, -0.1) is 0 Å². The molecule has 2 saturated heterocycles. The summed E-state index contributed by atoms with van der Waals surface area (Å²) >= 11 is 0. The molecule has 2 fully saturated rings. The van der Waals surface area contributed by atoms with Gasteiger partial charge in [0.15, 0.2) is 11.4 Å². The summed E-state index contributed by atoms with van der Waals surface area (Å²) in [4.78, 5) is 30.4. The predicted octanol–water partition coefficient (Wildman–Crippen LogP) is 1.21. The SMILES string of the molecule is C=CCOc1cccnc1C(=O)N1C[C@H]2COCC[C@@]2(C(=O)O)C1. The molecule has 7 nitrogen and oxygen atoms in total. The van der Waals surface area contributed by atoms with Crippen molar-refractivity contribution in [2.24, 2.45) is 11.3 Å². The molecule has 3 heterocycles. The molecule has 128 valence electrons. The molecule has 0 spiro atoms. The molecule has 1 aromatic heterocycles. The van der Waals surface area contributed by atoms with Crippen molar-refractivity contribution in [1.82, 2.24) is 9.88 Å². The smallest absolute Gasteiger partial charge is 0.311 e. The quantitative estimate of drug-likeness (QED) is 0.815. The van der Waals surface area contributed by atoms with Crippen molar-refractivity contribution in [3.63, 3.8) is 0 Å². The molecule has 0 bridgehead atoms. The first-order valence-electron chi connectivity index (χ1n) is 7.87. The molecular weight excluding hydrogens is 312 g/mol. The second-order valence-electron chi connectivity index (χ2n) is 6.12. The van der Waals surface area contributed by atoms with Crippen LogP contribution in [-0.2, 0) is 9.53 Å². The average Bonchev–Trinajstić information content (AvgIpc) is 3.00. The van der Waals surface area contributed by atoms with E-state index in [1.165, 1.54) is 6.20 Å². The Kier molecular flexibility index (Phi) is 4.53. The Bertz CT molecular complexity index is 662. The predicted molar refractivity (Wildman–Crippen MR) is 84.8 cm³/mol. The van der Waals surface area contributed by atoms with Crippen molar-refractivity contribution in [3.05, 3.63) is 36.7 Å². The normalized spacial score (nSPS) is 25.8. The van der Waals surface area contributed by atoms with Gasteiger partial charge in [0, 0.05) is 31.8 Å². The lowest BCUT2D eigenvalue weighted by Crippen LogP contribution is -2.45. The highest BCUT2D eigenvalue weighted by molar-refractivity contribution is 5.95. The largest absolute Gasteiger partial charge is 0.487 e. The van der Waals surface area contributed by atoms with Crippen molar-refractivity contribution in [1.29, 1.82) is 0 Å². The number of amides is 1. The van der Waals surface area contributed by atoms with E-state index in [-0.39, 0.29) is 30.7 Å². The zero-order valence-corrected chi connectivity index (χ0v) is 13.3. The fourth-order valence-corrected chi connectivity index (χ4v) is 3.42. The van der Waals surface area contributed by atoms with Gasteiger partial charge in [0.25, 0.3) is 5.91 Å². The Labute approximate surface area is 139 Å². The highest BCUT2D eigenvalue weighted by Gasteiger charge is 2.55. The van der Waals surface area contributed by atoms with Crippen molar-refractivity contribution in [3.8, 4) is 5.75 Å². The number of carbonyl (C=O) groups excluding carboxylic acids is 1. The summed E-state index contributed by atoms with van der Waals surface area (Å²) in [6.07, 6.45) is 3.52. The van der Waals surface area contributed by atoms with Crippen LogP contribution in [0.3, 0.4) is 0 Å². The molecule has 1 amide bonds. The van der Waals surface area contributed by atoms with Gasteiger partial charge in [-0.1, -0.05) is 12.7 Å². The molecule has 0 radical (unpaired) electrons. The van der Waals surface area contributed by atoms with Crippen LogP contribution in [0.1, 0.15) is 16.9 Å². The number of carbonyl (C=O) groups is 2. The van der Waals surface area contributed by atoms with E-state index in [1.54, 1.807) is 23.1 Å². The third-order valence-electron chi connectivity index (χ3n) is 4.75. The van der Waals surface area contributed by atoms with Gasteiger partial charge in [-0.2, -0.15) is 0 Å². The Morgan fingerprint density at radius 1 is 1.58 bits per heavy atom. The van der Waals surface area contributed by atoms with E-state index in [9.17, 15) is 14.7 Å². The number of aliphatic carboxylic acids is 1. The van der Waals surface area contributed by atoms with Crippen molar-refractivity contribution >= 4 is 11.9 Å². The van der Waals surface area contributed by atoms with Crippen LogP contribution in [-0.4, -0.2) is 59.8 Å². The van der Waals surface area contributed by atoms with E-state index in [0.717, 1.165) is 0 Å². The number of carboxylic acids is 1. The maximum absolute atomic E-state index is 12.9. The van der Waals surface area contributed by atoms with Crippen LogP contribution in [0.5, 0.6) is 5.75 Å². The van der Waals surface area contributed by atoms with E-state index >= 15 is 0 Å². The number of aromatic nitrogens is 1. The summed E-state index contributed by atoms with van der Waals surface area (Å²) in [5, 5.41) is 9.70. The zero-order valence-electron chi connectivity index (χ0n) is 13.3. The van der Waals surface area contributed by atoms with Crippen LogP contribution < -0.4 is 4.74 Å². The summed E-state index contributed by atoms with van der Waals surface area (Å²) in [7, 11) is 0. The molecule has 3 rings (SSSR count). The minimum absolute atomic E-state index is 0.173. The third-order valence-corrected chi connectivity index (χ3v) is 4.75. The number of rotatable bonds is 5. The van der Waals surface area contributed by atoms with E-state index in [1.807, 2.05) is 0 Å². The number of hydrogen-bond donors (Lipinski definition) is 1. The molecule has 0 aliphatic carbocycles. The summed E-state index contributed by atoms with van der Waals surface area (Å²) in [6.45, 7) is 5.14. The molecule has 2 aliphatic rings. The van der Waals surface area contributed by atoms with E-state index in [0.29, 0.717) is 31.9 Å². The minimum Gasteiger partial charge on any atom is -0.487 e. The van der Waals surface area contributed by atoms with Gasteiger partial charge in [-0.3, -0.25) is 9.59 Å². The standard InChI is InChI=1S/C17H20N2O5/c1-2-7-24-13-4-3-6-18-14(13)15(20)19-9-12-10-23-8-5-17(12,11-19)16(21)22/h2-4,6,12H,1,5,7-11H2,(H,21,22)/t12-,17+/m0/s1. The van der Waals surface area contributed by atoms with Crippen molar-refractivity contribution in [2.45, 2.75) is 6.42 Å². The number of fused-ring (bicyclic) bond motifs is 1. The number of nitrogens with zero attached hydrogens (tertiary/aromatic N) is 2. The summed E-state index contributed by atoms with van der Waals surface area (Å²) in [6, 6.07) is 3.36. The Balaban J connectivity index is 1.84. The Morgan fingerprint density at radius 2 is 2.42 bits per heavy atom. The fraction of sp³-hybridized carbons (Fsp3) is 0.471. The molecular formula is C17H20N2O5. The number of pyridine rings is 1. The maximum Gasteiger partial charge on any atom is 0.311 e. The van der Waals surface area contributed by atoms with Crippen LogP contribution in [0.4, 0.5) is 0 Å². The van der Waals surface area contributed by atoms with Crippen LogP contribution in [0, 0.1) is 11.3 Å². The highest BCUT2D eigenvalue weighted by atomic mass is 16.5. The molecule has 1 N–H and O–H groups in total. The third kappa shape index (κ3) is 2.75. The van der Waals surface area contributed by atoms with Gasteiger partial charge in [-0.25, -0.2) is 4.98 Å². The summed E-state index contributed by atoms with van der Waals surface area (Å²) < 4.78 is 10.9. The van der Waals surface area contributed by atoms with E-state index in [2.05, 4.69) is 11.6 Å². The molecule has 0 aromatic carbocycles. The van der Waals surface area contributed by atoms with Gasteiger partial charge < -0.3 is 19.5 Å². The summed E-state index contributed by atoms with van der Waals surface area (Å²) in [5.74, 6) is -1.01. The van der Waals surface area contributed by atoms with Crippen LogP contribution in [0.2, 0.25) is 0 Å². The number of carboxylic acid groups (broad SMARTS) is 1. The second kappa shape index (κ2) is 6.60. The first-order valence-corrected chi connectivity index (χ1v) is 7.87. The van der Waals surface area contributed by atoms with Gasteiger partial charge in [0.05, 0.1) is 12.0 Å². The molecule has 0 unspecified atom stereocenters. The molecule has 0 saturated carbocycles. The number of likely N-dealkylation sites (tertiary alicyclic amines) is 1. The first kappa shape index (κ1) is 16.4. The van der Waals surface area contributed by atoms with Crippen LogP contribution in [0.15, 0.2) is 31.0 Å². The number of hydrogen-bond acceptors (Lipinski definition) is 5. The Morgan fingerprint density at radius 3 is 3.12 bits per heavy atom. The van der Waals surface area contributed by atoms with Gasteiger partial charge in [-0.05, 0) is 18.6 Å². The molecule has 1 aromatic rings. The lowest BCUT2D eigenvalue weighted by Gasteiger charge is -2.33. The molecule has 2 atom stereocenters. The highest BCUT2D eigenvalue weighted by Crippen LogP contribution is 2.43. The zero-order chi connectivity index (χ0) is 17.2. The molecule has 7 heteroatoms. The van der Waals surface area contributed by atoms with Crippen molar-refractivity contribution in [2.75, 3.05) is 32.9 Å². The number of ether oxygens (including phenoxy) is 2. The topological polar surface area (TPSA) is 89.0 Å². The van der Waals surface area contributed by atoms with E-state index in [4.69, 9.17) is 9.47 Å². The average molecular weight is 332 g/mol. The Hall–Kier alpha value is -2.41. The van der Waals surface area contributed by atoms with E-state index < -0.39 is 11.4 Å². The second-order valence-corrected chi connectivity index (χ2v) is 6.12. The molecule has 24 heavy (non-hydrogen) atoms. The maximum atomic E-state index is 12.9. The van der Waals surface area contributed by atoms with Gasteiger partial charge >= 0.3 is 5.97 Å². The lowest BCUT2D eigenvalue weighted by atomic mass is 9.74. The molecule has 2 aliphatic heterocycles. The van der Waals surface area contributed by atoms with Crippen molar-refractivity contribution < 1.29 is 24.2 Å². The summed E-state index contributed by atoms with van der Waals surface area (Å²) in [5.41, 5.74) is -0.732. The van der Waals surface area contributed by atoms with Crippen LogP contribution >= 0.6 is 0 Å². The van der Waals surface area contributed by atoms with Gasteiger partial charge in [0.2, 0.25) is 0 Å².